The summed E-state index contributed by atoms with van der Waals surface area (Å²) < 4.78 is 5.10. The third-order valence-electron chi connectivity index (χ3n) is 1.94. The fourth-order valence-corrected chi connectivity index (χ4v) is 1.16. The molecule has 0 bridgehead atoms. The molecule has 0 unspecified atom stereocenters. The molecule has 0 radical (unpaired) electrons. The second-order valence-corrected chi connectivity index (χ2v) is 4.89. The molecule has 1 atom stereocenters. The van der Waals surface area contributed by atoms with Crippen molar-refractivity contribution in [2.45, 2.75) is 39.3 Å². The summed E-state index contributed by atoms with van der Waals surface area (Å²) in [5.74, 6) is 0.448. The van der Waals surface area contributed by atoms with Gasteiger partial charge in [0.05, 0.1) is 0 Å². The molecule has 0 saturated carbocycles. The summed E-state index contributed by atoms with van der Waals surface area (Å²) in [7, 11) is 0. The Balaban J connectivity index is 2.61. The van der Waals surface area contributed by atoms with Crippen molar-refractivity contribution in [1.29, 1.82) is 0 Å². The zero-order chi connectivity index (χ0) is 13.1. The maximum absolute atomic E-state index is 11.4. The number of carbonyl (C=O) groups is 1. The van der Waals surface area contributed by atoms with Gasteiger partial charge in [0.15, 0.2) is 0 Å². The third-order valence-corrected chi connectivity index (χ3v) is 1.94. The Morgan fingerprint density at radius 1 is 1.47 bits per heavy atom. The minimum atomic E-state index is -0.518. The van der Waals surface area contributed by atoms with Gasteiger partial charge in [-0.25, -0.2) is 9.78 Å². The van der Waals surface area contributed by atoms with Gasteiger partial charge in [-0.2, -0.15) is 0 Å². The highest BCUT2D eigenvalue weighted by Gasteiger charge is 2.16. The van der Waals surface area contributed by atoms with Gasteiger partial charge < -0.3 is 10.5 Å². The van der Waals surface area contributed by atoms with Crippen molar-refractivity contribution in [2.24, 2.45) is 5.73 Å². The predicted molar refractivity (Wildman–Crippen MR) is 66.7 cm³/mol. The summed E-state index contributed by atoms with van der Waals surface area (Å²) in [4.78, 5) is 15.5. The molecule has 17 heavy (non-hydrogen) atoms. The number of rotatable bonds is 2. The van der Waals surface area contributed by atoms with E-state index in [1.54, 1.807) is 33.0 Å². The lowest BCUT2D eigenvalue weighted by Crippen LogP contribution is -2.27. The Bertz CT molecular complexity index is 380. The Morgan fingerprint density at radius 3 is 2.53 bits per heavy atom. The summed E-state index contributed by atoms with van der Waals surface area (Å²) in [6.45, 7) is 7.29. The van der Waals surface area contributed by atoms with Gasteiger partial charge in [0.1, 0.15) is 11.4 Å². The number of nitrogens with zero attached hydrogens (tertiary/aromatic N) is 1. The van der Waals surface area contributed by atoms with E-state index in [-0.39, 0.29) is 6.04 Å². The number of carbonyl (C=O) groups excluding carboxylic acids is 1. The van der Waals surface area contributed by atoms with Crippen molar-refractivity contribution in [3.8, 4) is 0 Å². The normalized spacial score (nSPS) is 13.0. The zero-order valence-electron chi connectivity index (χ0n) is 10.7. The zero-order valence-corrected chi connectivity index (χ0v) is 10.7. The summed E-state index contributed by atoms with van der Waals surface area (Å²) in [5, 5.41) is 2.55. The van der Waals surface area contributed by atoms with E-state index in [0.717, 1.165) is 5.56 Å². The minimum absolute atomic E-state index is 0.0712. The van der Waals surface area contributed by atoms with Crippen LogP contribution < -0.4 is 11.1 Å². The van der Waals surface area contributed by atoms with Crippen LogP contribution in [0.4, 0.5) is 10.6 Å². The number of hydrogen-bond acceptors (Lipinski definition) is 4. The molecule has 1 rings (SSSR count). The van der Waals surface area contributed by atoms with E-state index in [2.05, 4.69) is 10.3 Å². The largest absolute Gasteiger partial charge is 0.444 e. The number of aromatic nitrogens is 1. The van der Waals surface area contributed by atoms with Crippen LogP contribution >= 0.6 is 0 Å². The first-order valence-electron chi connectivity index (χ1n) is 5.49. The predicted octanol–water partition coefficient (Wildman–Crippen LogP) is 2.45. The van der Waals surface area contributed by atoms with Crippen molar-refractivity contribution in [2.75, 3.05) is 5.32 Å². The number of nitrogens with two attached hydrogens (primary N) is 1. The molecule has 1 heterocycles. The second kappa shape index (κ2) is 5.14. The van der Waals surface area contributed by atoms with E-state index in [1.807, 2.05) is 13.0 Å². The molecule has 3 N–H and O–H groups in total. The molecule has 1 aromatic heterocycles. The quantitative estimate of drug-likeness (QED) is 0.828. The van der Waals surface area contributed by atoms with Crippen LogP contribution in [0.15, 0.2) is 18.3 Å². The second-order valence-electron chi connectivity index (χ2n) is 4.89. The van der Waals surface area contributed by atoms with Crippen molar-refractivity contribution in [1.82, 2.24) is 4.98 Å². The Kier molecular flexibility index (Phi) is 4.07. The summed E-state index contributed by atoms with van der Waals surface area (Å²) in [6.07, 6.45) is 1.12. The van der Waals surface area contributed by atoms with Crippen molar-refractivity contribution < 1.29 is 9.53 Å². The molecule has 5 heteroatoms. The van der Waals surface area contributed by atoms with Crippen LogP contribution in [0.5, 0.6) is 0 Å². The van der Waals surface area contributed by atoms with Gasteiger partial charge in [-0.1, -0.05) is 6.07 Å². The van der Waals surface area contributed by atoms with Crippen LogP contribution in [-0.2, 0) is 4.74 Å². The fourth-order valence-electron chi connectivity index (χ4n) is 1.16. The third kappa shape index (κ3) is 4.82. The number of ether oxygens (including phenoxy) is 1. The van der Waals surface area contributed by atoms with Crippen molar-refractivity contribution >= 4 is 11.9 Å². The molecule has 0 aliphatic rings. The lowest BCUT2D eigenvalue weighted by atomic mass is 10.2. The average Bonchev–Trinajstić information content (AvgIpc) is 2.15. The standard InChI is InChI=1S/C12H19N3O2/c1-8(13)9-5-6-10(14-7-9)15-11(16)17-12(2,3)4/h5-8H,13H2,1-4H3,(H,14,15,16)/t8-/m0/s1. The number of amides is 1. The molecular weight excluding hydrogens is 218 g/mol. The number of hydrogen-bond donors (Lipinski definition) is 2. The molecule has 0 spiro atoms. The van der Waals surface area contributed by atoms with E-state index in [9.17, 15) is 4.79 Å². The number of anilines is 1. The van der Waals surface area contributed by atoms with E-state index in [1.165, 1.54) is 0 Å². The van der Waals surface area contributed by atoms with E-state index in [4.69, 9.17) is 10.5 Å². The van der Waals surface area contributed by atoms with Crippen LogP contribution in [0.1, 0.15) is 39.3 Å². The van der Waals surface area contributed by atoms with Crippen LogP contribution in [-0.4, -0.2) is 16.7 Å². The molecule has 0 aliphatic carbocycles. The fraction of sp³-hybridized carbons (Fsp3) is 0.500. The molecule has 0 aliphatic heterocycles. The van der Waals surface area contributed by atoms with Gasteiger partial charge in [0.25, 0.3) is 0 Å². The molecule has 0 fully saturated rings. The lowest BCUT2D eigenvalue weighted by molar-refractivity contribution is 0.0635. The van der Waals surface area contributed by atoms with Gasteiger partial charge in [0.2, 0.25) is 0 Å². The highest BCUT2D eigenvalue weighted by molar-refractivity contribution is 5.83. The van der Waals surface area contributed by atoms with Gasteiger partial charge in [-0.3, -0.25) is 5.32 Å². The first-order chi connectivity index (χ1) is 7.78. The maximum atomic E-state index is 11.4. The maximum Gasteiger partial charge on any atom is 0.413 e. The van der Waals surface area contributed by atoms with Gasteiger partial charge >= 0.3 is 6.09 Å². The summed E-state index contributed by atoms with van der Waals surface area (Å²) >= 11 is 0. The minimum Gasteiger partial charge on any atom is -0.444 e. The molecule has 0 aromatic carbocycles. The molecule has 0 saturated heterocycles. The van der Waals surface area contributed by atoms with Gasteiger partial charge in [-0.15, -0.1) is 0 Å². The van der Waals surface area contributed by atoms with E-state index < -0.39 is 11.7 Å². The summed E-state index contributed by atoms with van der Waals surface area (Å²) in [6, 6.07) is 3.45. The molecular formula is C12H19N3O2. The summed E-state index contributed by atoms with van der Waals surface area (Å²) in [5.41, 5.74) is 6.09. The first kappa shape index (κ1) is 13.4. The monoisotopic (exact) mass is 237 g/mol. The smallest absolute Gasteiger partial charge is 0.413 e. The molecule has 1 aromatic rings. The topological polar surface area (TPSA) is 77.2 Å². The van der Waals surface area contributed by atoms with Crippen LogP contribution in [0.3, 0.4) is 0 Å². The Hall–Kier alpha value is -1.62. The highest BCUT2D eigenvalue weighted by atomic mass is 16.6. The van der Waals surface area contributed by atoms with Gasteiger partial charge in [0, 0.05) is 12.2 Å². The SMILES string of the molecule is C[C@H](N)c1ccc(NC(=O)OC(C)(C)C)nc1. The highest BCUT2D eigenvalue weighted by Crippen LogP contribution is 2.12. The molecule has 5 nitrogen and oxygen atoms in total. The lowest BCUT2D eigenvalue weighted by Gasteiger charge is -2.19. The van der Waals surface area contributed by atoms with E-state index >= 15 is 0 Å². The van der Waals surface area contributed by atoms with Crippen LogP contribution in [0.2, 0.25) is 0 Å². The Labute approximate surface area is 101 Å². The van der Waals surface area contributed by atoms with Gasteiger partial charge in [-0.05, 0) is 39.3 Å². The Morgan fingerprint density at radius 2 is 2.12 bits per heavy atom. The van der Waals surface area contributed by atoms with E-state index in [0.29, 0.717) is 5.82 Å². The van der Waals surface area contributed by atoms with Crippen molar-refractivity contribution in [3.63, 3.8) is 0 Å². The van der Waals surface area contributed by atoms with Crippen LogP contribution in [0, 0.1) is 0 Å². The molecule has 1 amide bonds. The molecule has 94 valence electrons. The number of pyridine rings is 1. The van der Waals surface area contributed by atoms with Crippen LogP contribution in [0.25, 0.3) is 0 Å². The first-order valence-corrected chi connectivity index (χ1v) is 5.49. The number of nitrogens with one attached hydrogen (secondary N) is 1. The average molecular weight is 237 g/mol. The van der Waals surface area contributed by atoms with Crippen molar-refractivity contribution in [3.05, 3.63) is 23.9 Å².